The van der Waals surface area contributed by atoms with Crippen LogP contribution in [0.15, 0.2) is 41.2 Å². The van der Waals surface area contributed by atoms with Gasteiger partial charge in [0, 0.05) is 0 Å². The number of allylic oxidation sites excluding steroid dienone is 5. The van der Waals surface area contributed by atoms with Gasteiger partial charge in [0.1, 0.15) is 5.67 Å². The molecule has 0 N–H and O–H groups in total. The van der Waals surface area contributed by atoms with Crippen LogP contribution in [0.5, 0.6) is 0 Å². The van der Waals surface area contributed by atoms with Crippen LogP contribution in [-0.2, 0) is 0 Å². The summed E-state index contributed by atoms with van der Waals surface area (Å²) in [6.07, 6.45) is 7.18. The van der Waals surface area contributed by atoms with Crippen LogP contribution in [0.1, 0.15) is 34.6 Å². The van der Waals surface area contributed by atoms with E-state index in [9.17, 15) is 4.39 Å². The van der Waals surface area contributed by atoms with Gasteiger partial charge in [0.25, 0.3) is 0 Å². The van der Waals surface area contributed by atoms with Crippen molar-refractivity contribution in [3.05, 3.63) is 41.2 Å². The highest BCUT2D eigenvalue weighted by Gasteiger charge is 2.22. The summed E-state index contributed by atoms with van der Waals surface area (Å²) in [7, 11) is 0. The highest BCUT2D eigenvalue weighted by molar-refractivity contribution is 5.41. The van der Waals surface area contributed by atoms with Crippen LogP contribution in [0.3, 0.4) is 0 Å². The average Bonchev–Trinajstić information content (AvgIpc) is 2.32. The zero-order chi connectivity index (χ0) is 11.2. The molecule has 1 heteroatoms. The zero-order valence-corrected chi connectivity index (χ0v) is 9.69. The molecule has 0 saturated heterocycles. The van der Waals surface area contributed by atoms with E-state index in [1.807, 2.05) is 26.8 Å². The van der Waals surface area contributed by atoms with Crippen LogP contribution in [-0.4, -0.2) is 5.67 Å². The maximum Gasteiger partial charge on any atom is 0.130 e. The van der Waals surface area contributed by atoms with Crippen LogP contribution >= 0.6 is 0 Å². The average molecular weight is 194 g/mol. The fraction of sp³-hybridized carbons (Fsp3) is 0.462. The van der Waals surface area contributed by atoms with Gasteiger partial charge in [0.05, 0.1) is 0 Å². The molecule has 0 unspecified atom stereocenters. The quantitative estimate of drug-likeness (QED) is 0.544. The van der Waals surface area contributed by atoms with E-state index in [0.29, 0.717) is 0 Å². The van der Waals surface area contributed by atoms with Crippen molar-refractivity contribution in [1.29, 1.82) is 0 Å². The summed E-state index contributed by atoms with van der Waals surface area (Å²) in [5.74, 6) is 0. The number of rotatable bonds is 1. The molecule has 0 saturated carbocycles. The van der Waals surface area contributed by atoms with Gasteiger partial charge in [0.15, 0.2) is 0 Å². The lowest BCUT2D eigenvalue weighted by atomic mass is 9.93. The summed E-state index contributed by atoms with van der Waals surface area (Å²) >= 11 is 0. The van der Waals surface area contributed by atoms with Crippen molar-refractivity contribution in [2.24, 2.45) is 0 Å². The molecule has 0 aromatic carbocycles. The van der Waals surface area contributed by atoms with Crippen LogP contribution in [0, 0.1) is 0 Å². The summed E-state index contributed by atoms with van der Waals surface area (Å²) < 4.78 is 13.5. The van der Waals surface area contributed by atoms with Gasteiger partial charge in [-0.1, -0.05) is 19.9 Å². The minimum atomic E-state index is -1.27. The molecule has 0 aliphatic heterocycles. The number of hydrogen-bond acceptors (Lipinski definition) is 0. The molecule has 78 valence electrons. The lowest BCUT2D eigenvalue weighted by Gasteiger charge is -2.18. The second kappa shape index (κ2) is 5.62. The molecule has 0 bridgehead atoms. The van der Waals surface area contributed by atoms with Gasteiger partial charge in [-0.05, 0) is 50.1 Å². The lowest BCUT2D eigenvalue weighted by Crippen LogP contribution is -2.16. The second-order valence-electron chi connectivity index (χ2n) is 3.40. The molecule has 0 amide bonds. The molecule has 14 heavy (non-hydrogen) atoms. The Morgan fingerprint density at radius 2 is 1.64 bits per heavy atom. The van der Waals surface area contributed by atoms with Crippen molar-refractivity contribution in [2.75, 3.05) is 0 Å². The second-order valence-corrected chi connectivity index (χ2v) is 3.40. The molecule has 0 atom stereocenters. The van der Waals surface area contributed by atoms with Crippen molar-refractivity contribution in [2.45, 2.75) is 40.3 Å². The molecule has 1 rings (SSSR count). The van der Waals surface area contributed by atoms with Crippen LogP contribution in [0.2, 0.25) is 0 Å². The molecular formula is C13H19F. The number of hydrogen-bond donors (Lipinski definition) is 0. The smallest absolute Gasteiger partial charge is 0.130 e. The Hall–Kier alpha value is -1.07. The molecule has 0 nitrogen and oxygen atoms in total. The molecule has 0 radical (unpaired) electrons. The highest BCUT2D eigenvalue weighted by Crippen LogP contribution is 2.27. The summed E-state index contributed by atoms with van der Waals surface area (Å²) in [6.45, 7) is 9.04. The van der Waals surface area contributed by atoms with Crippen molar-refractivity contribution >= 4 is 0 Å². The Morgan fingerprint density at radius 3 is 2.14 bits per heavy atom. The Morgan fingerprint density at radius 1 is 1.14 bits per heavy atom. The Bertz CT molecular complexity index is 292. The highest BCUT2D eigenvalue weighted by atomic mass is 19.1. The summed E-state index contributed by atoms with van der Waals surface area (Å²) in [4.78, 5) is 0. The van der Waals surface area contributed by atoms with E-state index >= 15 is 0 Å². The van der Waals surface area contributed by atoms with E-state index in [1.54, 1.807) is 32.1 Å². The van der Waals surface area contributed by atoms with Crippen molar-refractivity contribution in [3.8, 4) is 0 Å². The van der Waals surface area contributed by atoms with Crippen LogP contribution in [0.4, 0.5) is 4.39 Å². The largest absolute Gasteiger partial charge is 0.239 e. The molecule has 0 heterocycles. The Labute approximate surface area is 86.5 Å². The minimum Gasteiger partial charge on any atom is -0.239 e. The fourth-order valence-electron chi connectivity index (χ4n) is 1.25. The number of alkyl halides is 1. The van der Waals surface area contributed by atoms with Gasteiger partial charge < -0.3 is 0 Å². The Kier molecular flexibility index (Phi) is 5.19. The van der Waals surface area contributed by atoms with Gasteiger partial charge in [-0.2, -0.15) is 0 Å². The van der Waals surface area contributed by atoms with Gasteiger partial charge in [-0.3, -0.25) is 0 Å². The third-order valence-electron chi connectivity index (χ3n) is 1.84. The van der Waals surface area contributed by atoms with Gasteiger partial charge in [0.2, 0.25) is 0 Å². The first-order valence-corrected chi connectivity index (χ1v) is 5.01. The Balaban J connectivity index is 0.000000791. The molecule has 0 aromatic heterocycles. The molecule has 0 aromatic rings. The van der Waals surface area contributed by atoms with E-state index in [4.69, 9.17) is 0 Å². The standard InChI is InChI=1S/C11H13F.C2H6/c1-9-7-5-4-6-8-10(9)11(2,3)12;1-2/h5-8H,1-3H3;1-2H3. The first-order valence-electron chi connectivity index (χ1n) is 5.01. The van der Waals surface area contributed by atoms with Crippen molar-refractivity contribution in [3.63, 3.8) is 0 Å². The van der Waals surface area contributed by atoms with Gasteiger partial charge in [-0.15, -0.1) is 5.73 Å². The van der Waals surface area contributed by atoms with E-state index in [-0.39, 0.29) is 0 Å². The SMILES string of the molecule is CC.CC1=CC=C=CC=C1C(C)(C)F. The molecule has 1 aliphatic rings. The summed E-state index contributed by atoms with van der Waals surface area (Å²) in [5.41, 5.74) is 3.33. The molecule has 1 aliphatic carbocycles. The summed E-state index contributed by atoms with van der Waals surface area (Å²) in [5, 5.41) is 0. The van der Waals surface area contributed by atoms with Crippen molar-refractivity contribution in [1.82, 2.24) is 0 Å². The number of halogens is 1. The minimum absolute atomic E-state index is 0.726. The van der Waals surface area contributed by atoms with Crippen molar-refractivity contribution < 1.29 is 4.39 Å². The molecule has 0 spiro atoms. The third-order valence-corrected chi connectivity index (χ3v) is 1.84. The lowest BCUT2D eigenvalue weighted by molar-refractivity contribution is 0.271. The zero-order valence-electron chi connectivity index (χ0n) is 9.69. The molecular weight excluding hydrogens is 175 g/mol. The van der Waals surface area contributed by atoms with Crippen LogP contribution in [0.25, 0.3) is 0 Å². The maximum atomic E-state index is 13.5. The molecule has 0 fully saturated rings. The monoisotopic (exact) mass is 194 g/mol. The van der Waals surface area contributed by atoms with Gasteiger partial charge in [-0.25, -0.2) is 4.39 Å². The van der Waals surface area contributed by atoms with Gasteiger partial charge >= 0.3 is 0 Å². The predicted octanol–water partition coefficient (Wildman–Crippen LogP) is 4.36. The normalized spacial score (nSPS) is 15.0. The van der Waals surface area contributed by atoms with Crippen LogP contribution < -0.4 is 0 Å². The summed E-state index contributed by atoms with van der Waals surface area (Å²) in [6, 6.07) is 0. The first kappa shape index (κ1) is 12.9. The fourth-order valence-corrected chi connectivity index (χ4v) is 1.25. The van der Waals surface area contributed by atoms with E-state index in [0.717, 1.165) is 11.1 Å². The van der Waals surface area contributed by atoms with E-state index < -0.39 is 5.67 Å². The third kappa shape index (κ3) is 3.76. The maximum absolute atomic E-state index is 13.5. The first-order chi connectivity index (χ1) is 6.52. The van der Waals surface area contributed by atoms with E-state index in [2.05, 4.69) is 5.73 Å². The topological polar surface area (TPSA) is 0 Å². The van der Waals surface area contributed by atoms with E-state index in [1.165, 1.54) is 0 Å². The predicted molar refractivity (Wildman–Crippen MR) is 61.0 cm³/mol.